The van der Waals surface area contributed by atoms with Gasteiger partial charge in [-0.2, -0.15) is 0 Å². The summed E-state index contributed by atoms with van der Waals surface area (Å²) in [5.41, 5.74) is 1.20. The third-order valence-corrected chi connectivity index (χ3v) is 6.64. The van der Waals surface area contributed by atoms with Crippen LogP contribution in [0.4, 0.5) is 5.82 Å². The molecule has 1 aromatic heterocycles. The zero-order valence-corrected chi connectivity index (χ0v) is 16.7. The molecule has 7 heteroatoms. The number of aliphatic imine (C=N–C) groups is 1. The molecule has 1 N–H and O–H groups in total. The summed E-state index contributed by atoms with van der Waals surface area (Å²) in [6, 6.07) is 4.25. The summed E-state index contributed by atoms with van der Waals surface area (Å²) in [5, 5.41) is 3.50. The fraction of sp³-hybridized carbons (Fsp3) is 0.714. The number of anilines is 1. The van der Waals surface area contributed by atoms with Crippen LogP contribution >= 0.6 is 0 Å². The van der Waals surface area contributed by atoms with Crippen LogP contribution < -0.4 is 10.2 Å². The monoisotopic (exact) mass is 385 g/mol. The van der Waals surface area contributed by atoms with E-state index in [1.54, 1.807) is 0 Å². The molecule has 5 rings (SSSR count). The van der Waals surface area contributed by atoms with Crippen LogP contribution in [-0.4, -0.2) is 74.0 Å². The van der Waals surface area contributed by atoms with Crippen LogP contribution in [-0.2, 0) is 16.0 Å². The van der Waals surface area contributed by atoms with Crippen LogP contribution in [0.25, 0.3) is 0 Å². The highest BCUT2D eigenvalue weighted by molar-refractivity contribution is 5.80. The Kier molecular flexibility index (Phi) is 5.11. The van der Waals surface area contributed by atoms with Gasteiger partial charge in [0.15, 0.2) is 5.96 Å². The molecule has 0 aliphatic carbocycles. The van der Waals surface area contributed by atoms with Gasteiger partial charge in [-0.15, -0.1) is 0 Å². The number of hydrogen-bond acceptors (Lipinski definition) is 5. The molecule has 4 saturated heterocycles. The molecular weight excluding hydrogens is 354 g/mol. The molecule has 4 aliphatic heterocycles. The van der Waals surface area contributed by atoms with Crippen LogP contribution in [0, 0.1) is 11.8 Å². The number of guanidine groups is 1. The maximum absolute atomic E-state index is 6.12. The number of aromatic nitrogens is 1. The van der Waals surface area contributed by atoms with Gasteiger partial charge in [-0.25, -0.2) is 9.98 Å². The lowest BCUT2D eigenvalue weighted by Crippen LogP contribution is -2.41. The highest BCUT2D eigenvalue weighted by atomic mass is 16.5. The van der Waals surface area contributed by atoms with Crippen molar-refractivity contribution in [3.8, 4) is 0 Å². The molecular formula is C21H31N5O2. The number of nitrogens with zero attached hydrogens (tertiary/aromatic N) is 4. The topological polar surface area (TPSA) is 62.2 Å². The van der Waals surface area contributed by atoms with Gasteiger partial charge in [0.05, 0.1) is 32.0 Å². The van der Waals surface area contributed by atoms with Gasteiger partial charge in [0, 0.05) is 50.8 Å². The summed E-state index contributed by atoms with van der Waals surface area (Å²) < 4.78 is 11.6. The van der Waals surface area contributed by atoms with Crippen LogP contribution in [0.5, 0.6) is 0 Å². The number of ether oxygens (including phenoxy) is 2. The average molecular weight is 386 g/mol. The van der Waals surface area contributed by atoms with Crippen LogP contribution in [0.2, 0.25) is 0 Å². The zero-order valence-electron chi connectivity index (χ0n) is 16.7. The second kappa shape index (κ2) is 7.87. The van der Waals surface area contributed by atoms with E-state index in [4.69, 9.17) is 14.5 Å². The Hall–Kier alpha value is -1.86. The fourth-order valence-electron chi connectivity index (χ4n) is 5.25. The highest BCUT2D eigenvalue weighted by Gasteiger charge is 2.53. The molecule has 4 fully saturated rings. The molecule has 28 heavy (non-hydrogen) atoms. The number of nitrogens with one attached hydrogen (secondary N) is 1. The van der Waals surface area contributed by atoms with Crippen LogP contribution in [0.1, 0.15) is 25.3 Å². The van der Waals surface area contributed by atoms with Crippen LogP contribution in [0.3, 0.4) is 0 Å². The van der Waals surface area contributed by atoms with E-state index in [2.05, 4.69) is 39.2 Å². The van der Waals surface area contributed by atoms with Crippen molar-refractivity contribution in [2.75, 3.05) is 50.8 Å². The van der Waals surface area contributed by atoms with Crippen molar-refractivity contribution >= 4 is 11.8 Å². The van der Waals surface area contributed by atoms with E-state index >= 15 is 0 Å². The fourth-order valence-corrected chi connectivity index (χ4v) is 5.25. The SMILES string of the molecule is CCNC(=NCc1ccnc(N2CCOCC2)c1)N1CC2C3CCC(O3)C2C1. The van der Waals surface area contributed by atoms with Gasteiger partial charge in [0.1, 0.15) is 5.82 Å². The quantitative estimate of drug-likeness (QED) is 0.626. The van der Waals surface area contributed by atoms with Crippen molar-refractivity contribution in [1.82, 2.24) is 15.2 Å². The van der Waals surface area contributed by atoms with Crippen molar-refractivity contribution in [3.63, 3.8) is 0 Å². The van der Waals surface area contributed by atoms with Crippen molar-refractivity contribution in [3.05, 3.63) is 23.9 Å². The summed E-state index contributed by atoms with van der Waals surface area (Å²) in [6.45, 7) is 9.23. The molecule has 4 aliphatic rings. The molecule has 152 valence electrons. The third-order valence-electron chi connectivity index (χ3n) is 6.64. The molecule has 4 atom stereocenters. The Morgan fingerprint density at radius 1 is 1.21 bits per heavy atom. The first kappa shape index (κ1) is 18.2. The first-order valence-corrected chi connectivity index (χ1v) is 10.8. The minimum atomic E-state index is 0.485. The van der Waals surface area contributed by atoms with E-state index in [1.807, 2.05) is 6.20 Å². The van der Waals surface area contributed by atoms with Gasteiger partial charge in [-0.05, 0) is 37.5 Å². The third kappa shape index (κ3) is 3.46. The number of hydrogen-bond donors (Lipinski definition) is 1. The summed E-state index contributed by atoms with van der Waals surface area (Å²) in [5.74, 6) is 3.46. The lowest BCUT2D eigenvalue weighted by Gasteiger charge is -2.28. The van der Waals surface area contributed by atoms with E-state index in [0.29, 0.717) is 30.6 Å². The molecule has 0 aromatic carbocycles. The normalized spacial score (nSPS) is 32.1. The summed E-state index contributed by atoms with van der Waals surface area (Å²) >= 11 is 0. The van der Waals surface area contributed by atoms with Gasteiger partial charge in [0.2, 0.25) is 0 Å². The number of morpholine rings is 1. The second-order valence-electron chi connectivity index (χ2n) is 8.31. The number of rotatable bonds is 4. The van der Waals surface area contributed by atoms with Crippen molar-refractivity contribution < 1.29 is 9.47 Å². The maximum atomic E-state index is 6.12. The Labute approximate surface area is 167 Å². The van der Waals surface area contributed by atoms with Gasteiger partial charge >= 0.3 is 0 Å². The predicted octanol–water partition coefficient (Wildman–Crippen LogP) is 1.49. The predicted molar refractivity (Wildman–Crippen MR) is 109 cm³/mol. The van der Waals surface area contributed by atoms with E-state index in [-0.39, 0.29) is 0 Å². The van der Waals surface area contributed by atoms with E-state index < -0.39 is 0 Å². The van der Waals surface area contributed by atoms with E-state index in [9.17, 15) is 0 Å². The Morgan fingerprint density at radius 3 is 2.68 bits per heavy atom. The van der Waals surface area contributed by atoms with E-state index in [1.165, 1.54) is 18.4 Å². The molecule has 0 saturated carbocycles. The standard InChI is InChI=1S/C21H31N5O2/c1-2-22-21(26-13-16-17(14-26)19-4-3-18(16)28-19)24-12-15-5-6-23-20(11-15)25-7-9-27-10-8-25/h5-6,11,16-19H,2-4,7-10,12-14H2,1H3,(H,22,24). The molecule has 4 unspecified atom stereocenters. The smallest absolute Gasteiger partial charge is 0.194 e. The lowest BCUT2D eigenvalue weighted by molar-refractivity contribution is 0.0767. The van der Waals surface area contributed by atoms with Crippen molar-refractivity contribution in [2.45, 2.75) is 38.5 Å². The Balaban J connectivity index is 1.27. The molecule has 0 radical (unpaired) electrons. The summed E-state index contributed by atoms with van der Waals surface area (Å²) in [6.07, 6.45) is 5.36. The second-order valence-corrected chi connectivity index (χ2v) is 8.31. The summed E-state index contributed by atoms with van der Waals surface area (Å²) in [7, 11) is 0. The number of fused-ring (bicyclic) bond motifs is 5. The maximum Gasteiger partial charge on any atom is 0.194 e. The van der Waals surface area contributed by atoms with Crippen LogP contribution in [0.15, 0.2) is 23.3 Å². The minimum Gasteiger partial charge on any atom is -0.378 e. The van der Waals surface area contributed by atoms with Gasteiger partial charge < -0.3 is 24.6 Å². The lowest BCUT2D eigenvalue weighted by atomic mass is 9.82. The first-order chi connectivity index (χ1) is 13.8. The molecule has 1 aromatic rings. The van der Waals surface area contributed by atoms with E-state index in [0.717, 1.165) is 57.7 Å². The molecule has 5 heterocycles. The largest absolute Gasteiger partial charge is 0.378 e. The molecule has 0 amide bonds. The van der Waals surface area contributed by atoms with Gasteiger partial charge in [0.25, 0.3) is 0 Å². The molecule has 7 nitrogen and oxygen atoms in total. The number of likely N-dealkylation sites (tertiary alicyclic amines) is 1. The number of pyridine rings is 1. The van der Waals surface area contributed by atoms with Gasteiger partial charge in [-0.1, -0.05) is 0 Å². The Morgan fingerprint density at radius 2 is 1.96 bits per heavy atom. The first-order valence-electron chi connectivity index (χ1n) is 10.8. The average Bonchev–Trinajstić information content (AvgIpc) is 3.45. The van der Waals surface area contributed by atoms with Crippen molar-refractivity contribution in [2.24, 2.45) is 16.8 Å². The molecule has 2 bridgehead atoms. The zero-order chi connectivity index (χ0) is 18.9. The highest BCUT2D eigenvalue weighted by Crippen LogP contribution is 2.47. The van der Waals surface area contributed by atoms with Crippen molar-refractivity contribution in [1.29, 1.82) is 0 Å². The molecule has 0 spiro atoms. The Bertz CT molecular complexity index is 703. The van der Waals surface area contributed by atoms with Gasteiger partial charge in [-0.3, -0.25) is 0 Å². The minimum absolute atomic E-state index is 0.485. The summed E-state index contributed by atoms with van der Waals surface area (Å²) in [4.78, 5) is 14.3.